The molecule has 1 amide bonds. The lowest BCUT2D eigenvalue weighted by Crippen LogP contribution is -2.40. The average Bonchev–Trinajstić information content (AvgIpc) is 3.32. The number of para-hydroxylation sites is 1. The van der Waals surface area contributed by atoms with Gasteiger partial charge in [-0.1, -0.05) is 30.0 Å². The number of carbonyl (C=O) groups is 1. The first-order valence-corrected chi connectivity index (χ1v) is 11.1. The minimum atomic E-state index is -0.267. The molecule has 6 nitrogen and oxygen atoms in total. The Balaban J connectivity index is 1.55. The number of aromatic nitrogens is 3. The van der Waals surface area contributed by atoms with Crippen LogP contribution >= 0.6 is 11.8 Å². The van der Waals surface area contributed by atoms with Crippen molar-refractivity contribution in [2.75, 3.05) is 12.0 Å². The molecule has 4 rings (SSSR count). The third-order valence-corrected chi connectivity index (χ3v) is 6.52. The predicted molar refractivity (Wildman–Crippen MR) is 120 cm³/mol. The van der Waals surface area contributed by atoms with E-state index in [9.17, 15) is 4.79 Å². The van der Waals surface area contributed by atoms with Gasteiger partial charge in [0.2, 0.25) is 5.91 Å². The highest BCUT2D eigenvalue weighted by Gasteiger charge is 2.34. The fourth-order valence-electron chi connectivity index (χ4n) is 3.92. The van der Waals surface area contributed by atoms with Crippen molar-refractivity contribution in [3.63, 3.8) is 0 Å². The molecule has 0 fully saturated rings. The average molecular weight is 423 g/mol. The van der Waals surface area contributed by atoms with Gasteiger partial charge in [0, 0.05) is 23.8 Å². The molecule has 2 heterocycles. The van der Waals surface area contributed by atoms with E-state index in [1.807, 2.05) is 54.3 Å². The fourth-order valence-corrected chi connectivity index (χ4v) is 4.88. The zero-order valence-electron chi connectivity index (χ0n) is 17.7. The van der Waals surface area contributed by atoms with Crippen molar-refractivity contribution in [2.45, 2.75) is 50.2 Å². The molecule has 0 radical (unpaired) electrons. The monoisotopic (exact) mass is 422 g/mol. The molecule has 3 aromatic rings. The number of carbonyl (C=O) groups excluding carboxylic acids is 1. The molecule has 156 valence electrons. The van der Waals surface area contributed by atoms with E-state index in [-0.39, 0.29) is 17.2 Å². The second kappa shape index (κ2) is 8.52. The Kier molecular flexibility index (Phi) is 5.81. The molecule has 2 atom stereocenters. The Morgan fingerprint density at radius 2 is 1.93 bits per heavy atom. The van der Waals surface area contributed by atoms with Crippen molar-refractivity contribution in [3.8, 4) is 17.1 Å². The van der Waals surface area contributed by atoms with Crippen molar-refractivity contribution in [2.24, 2.45) is 0 Å². The largest absolute Gasteiger partial charge is 0.497 e. The van der Waals surface area contributed by atoms with Gasteiger partial charge in [-0.25, -0.2) is 0 Å². The second-order valence-corrected chi connectivity index (χ2v) is 8.74. The zero-order chi connectivity index (χ0) is 21.3. The molecule has 0 saturated carbocycles. The molecule has 30 heavy (non-hydrogen) atoms. The first kappa shape index (κ1) is 20.5. The van der Waals surface area contributed by atoms with Crippen LogP contribution < -0.4 is 9.64 Å². The number of hydrogen-bond acceptors (Lipinski definition) is 5. The van der Waals surface area contributed by atoms with Crippen LogP contribution in [0.1, 0.15) is 26.3 Å². The summed E-state index contributed by atoms with van der Waals surface area (Å²) in [6.45, 7) is 6.83. The van der Waals surface area contributed by atoms with Crippen molar-refractivity contribution < 1.29 is 9.53 Å². The third-order valence-electron chi connectivity index (χ3n) is 5.46. The van der Waals surface area contributed by atoms with Gasteiger partial charge in [0.25, 0.3) is 0 Å². The van der Waals surface area contributed by atoms with Crippen LogP contribution in [0.3, 0.4) is 0 Å². The Bertz CT molecular complexity index is 1050. The summed E-state index contributed by atoms with van der Waals surface area (Å²) in [6.07, 6.45) is 0.895. The topological polar surface area (TPSA) is 60.2 Å². The highest BCUT2D eigenvalue weighted by Crippen LogP contribution is 2.35. The Morgan fingerprint density at radius 1 is 1.20 bits per heavy atom. The lowest BCUT2D eigenvalue weighted by molar-refractivity contribution is -0.118. The summed E-state index contributed by atoms with van der Waals surface area (Å²) in [5.41, 5.74) is 3.23. The van der Waals surface area contributed by atoms with E-state index in [4.69, 9.17) is 4.74 Å². The zero-order valence-corrected chi connectivity index (χ0v) is 18.5. The van der Waals surface area contributed by atoms with Gasteiger partial charge in [-0.2, -0.15) is 0 Å². The molecule has 1 aromatic heterocycles. The molecule has 0 bridgehead atoms. The number of nitrogens with zero attached hydrogens (tertiary/aromatic N) is 4. The van der Waals surface area contributed by atoms with Crippen LogP contribution in [0, 0.1) is 0 Å². The molecular formula is C23H26N4O2S. The molecule has 2 aromatic carbocycles. The van der Waals surface area contributed by atoms with Gasteiger partial charge >= 0.3 is 0 Å². The van der Waals surface area contributed by atoms with Gasteiger partial charge in [0.1, 0.15) is 5.75 Å². The Labute approximate surface area is 181 Å². The maximum atomic E-state index is 13.3. The summed E-state index contributed by atoms with van der Waals surface area (Å²) in [6, 6.07) is 16.1. The Morgan fingerprint density at radius 3 is 2.63 bits per heavy atom. The van der Waals surface area contributed by atoms with E-state index >= 15 is 0 Å². The summed E-state index contributed by atoms with van der Waals surface area (Å²) in [5, 5.41) is 9.28. The number of hydrogen-bond donors (Lipinski definition) is 0. The maximum Gasteiger partial charge on any atom is 0.240 e. The number of amides is 1. The van der Waals surface area contributed by atoms with Crippen LogP contribution in [0.5, 0.6) is 5.75 Å². The van der Waals surface area contributed by atoms with Gasteiger partial charge in [-0.3, -0.25) is 4.79 Å². The smallest absolute Gasteiger partial charge is 0.240 e. The SMILES string of the molecule is CCn1c(S[C@H](C)C(=O)N2c3ccccc3C[C@@H]2C)nnc1-c1ccc(OC)cc1. The van der Waals surface area contributed by atoms with Crippen LogP contribution in [-0.2, 0) is 17.8 Å². The summed E-state index contributed by atoms with van der Waals surface area (Å²) in [7, 11) is 1.65. The van der Waals surface area contributed by atoms with Crippen molar-refractivity contribution in [1.29, 1.82) is 0 Å². The quantitative estimate of drug-likeness (QED) is 0.550. The number of thioether (sulfide) groups is 1. The lowest BCUT2D eigenvalue weighted by atomic mass is 10.1. The van der Waals surface area contributed by atoms with Crippen LogP contribution in [-0.4, -0.2) is 39.1 Å². The van der Waals surface area contributed by atoms with E-state index in [1.165, 1.54) is 17.3 Å². The molecular weight excluding hydrogens is 396 g/mol. The van der Waals surface area contributed by atoms with Crippen LogP contribution in [0.4, 0.5) is 5.69 Å². The minimum absolute atomic E-state index is 0.106. The summed E-state index contributed by atoms with van der Waals surface area (Å²) in [5.74, 6) is 1.70. The summed E-state index contributed by atoms with van der Waals surface area (Å²) >= 11 is 1.46. The molecule has 0 spiro atoms. The number of anilines is 1. The normalized spacial score (nSPS) is 16.4. The minimum Gasteiger partial charge on any atom is -0.497 e. The number of fused-ring (bicyclic) bond motifs is 1. The third kappa shape index (κ3) is 3.69. The highest BCUT2D eigenvalue weighted by atomic mass is 32.2. The predicted octanol–water partition coefficient (Wildman–Crippen LogP) is 4.43. The molecule has 1 aliphatic rings. The van der Waals surface area contributed by atoms with Gasteiger partial charge in [0.15, 0.2) is 11.0 Å². The van der Waals surface area contributed by atoms with Crippen LogP contribution in [0.2, 0.25) is 0 Å². The molecule has 1 aliphatic heterocycles. The lowest BCUT2D eigenvalue weighted by Gasteiger charge is -2.25. The van der Waals surface area contributed by atoms with Crippen molar-refractivity contribution in [3.05, 3.63) is 54.1 Å². The van der Waals surface area contributed by atoms with Gasteiger partial charge < -0.3 is 14.2 Å². The fraction of sp³-hybridized carbons (Fsp3) is 0.348. The van der Waals surface area contributed by atoms with Gasteiger partial charge in [-0.05, 0) is 63.1 Å². The van der Waals surface area contributed by atoms with E-state index in [1.54, 1.807) is 7.11 Å². The van der Waals surface area contributed by atoms with Crippen LogP contribution in [0.15, 0.2) is 53.7 Å². The number of rotatable bonds is 6. The van der Waals surface area contributed by atoms with E-state index in [2.05, 4.69) is 34.7 Å². The summed E-state index contributed by atoms with van der Waals surface area (Å²) < 4.78 is 7.29. The second-order valence-electron chi connectivity index (χ2n) is 7.43. The summed E-state index contributed by atoms with van der Waals surface area (Å²) in [4.78, 5) is 15.2. The molecule has 7 heteroatoms. The van der Waals surface area contributed by atoms with E-state index in [0.717, 1.165) is 40.9 Å². The maximum absolute atomic E-state index is 13.3. The number of methoxy groups -OCH3 is 1. The molecule has 0 aliphatic carbocycles. The van der Waals surface area contributed by atoms with Crippen LogP contribution in [0.25, 0.3) is 11.4 Å². The van der Waals surface area contributed by atoms with E-state index < -0.39 is 0 Å². The van der Waals surface area contributed by atoms with Crippen molar-refractivity contribution in [1.82, 2.24) is 14.8 Å². The van der Waals surface area contributed by atoms with E-state index in [0.29, 0.717) is 0 Å². The first-order valence-electron chi connectivity index (χ1n) is 10.2. The van der Waals surface area contributed by atoms with Crippen molar-refractivity contribution >= 4 is 23.4 Å². The molecule has 0 unspecified atom stereocenters. The number of ether oxygens (including phenoxy) is 1. The number of benzene rings is 2. The highest BCUT2D eigenvalue weighted by molar-refractivity contribution is 8.00. The molecule has 0 saturated heterocycles. The first-order chi connectivity index (χ1) is 14.5. The van der Waals surface area contributed by atoms with Gasteiger partial charge in [-0.15, -0.1) is 10.2 Å². The Hall–Kier alpha value is -2.80. The standard InChI is InChI=1S/C23H26N4O2S/c1-5-26-21(17-10-12-19(29-4)13-11-17)24-25-23(26)30-16(3)22(28)27-15(2)14-18-8-6-7-9-20(18)27/h6-13,15-16H,5,14H2,1-4H3/t15-,16+/m0/s1. The molecule has 0 N–H and O–H groups in total. The van der Waals surface area contributed by atoms with Gasteiger partial charge in [0.05, 0.1) is 12.4 Å².